The van der Waals surface area contributed by atoms with Crippen LogP contribution in [-0.4, -0.2) is 38.1 Å². The highest BCUT2D eigenvalue weighted by atomic mass is 32.7. The van der Waals surface area contributed by atoms with Crippen LogP contribution >= 0.6 is 18.1 Å². The molecule has 2 N–H and O–H groups in total. The monoisotopic (exact) mass is 284 g/mol. The van der Waals surface area contributed by atoms with Gasteiger partial charge < -0.3 is 14.6 Å². The summed E-state index contributed by atoms with van der Waals surface area (Å²) < 4.78 is 22.1. The Bertz CT molecular complexity index is 276. The lowest BCUT2D eigenvalue weighted by Crippen LogP contribution is -2.28. The molecule has 102 valence electrons. The Kier molecular flexibility index (Phi) is 8.90. The predicted molar refractivity (Wildman–Crippen MR) is 70.0 cm³/mol. The van der Waals surface area contributed by atoms with Crippen LogP contribution < -0.4 is 10.4 Å². The van der Waals surface area contributed by atoms with Crippen molar-refractivity contribution in [1.29, 1.82) is 0 Å². The first-order valence-electron chi connectivity index (χ1n) is 5.36. The molecule has 0 spiro atoms. The van der Waals surface area contributed by atoms with Gasteiger partial charge in [0.15, 0.2) is 0 Å². The predicted octanol–water partition coefficient (Wildman–Crippen LogP) is 1.58. The number of nitrogens with one attached hydrogen (secondary N) is 2. The average Bonchev–Trinajstić information content (AvgIpc) is 2.23. The summed E-state index contributed by atoms with van der Waals surface area (Å²) in [5, 5.41) is 5.37. The van der Waals surface area contributed by atoms with Crippen LogP contribution in [0.15, 0.2) is 0 Å². The number of methoxy groups -OCH3 is 1. The normalized spacial score (nSPS) is 14.6. The molecule has 1 amide bonds. The van der Waals surface area contributed by atoms with Crippen molar-refractivity contribution in [2.24, 2.45) is 0 Å². The van der Waals surface area contributed by atoms with Crippen LogP contribution in [-0.2, 0) is 18.6 Å². The largest absolute Gasteiger partial charge is 0.364 e. The Morgan fingerprint density at radius 2 is 2.12 bits per heavy atom. The second-order valence-electron chi connectivity index (χ2n) is 3.51. The van der Waals surface area contributed by atoms with Gasteiger partial charge >= 0.3 is 6.72 Å². The fourth-order valence-corrected chi connectivity index (χ4v) is 4.79. The van der Waals surface area contributed by atoms with Gasteiger partial charge in [-0.2, -0.15) is 0 Å². The molecule has 0 aromatic carbocycles. The first kappa shape index (κ1) is 16.9. The summed E-state index contributed by atoms with van der Waals surface area (Å²) in [6.07, 6.45) is 0. The van der Waals surface area contributed by atoms with Gasteiger partial charge in [-0.05, 0) is 32.2 Å². The molecule has 8 heteroatoms. The highest BCUT2D eigenvalue weighted by Gasteiger charge is 2.25. The number of hydrogen-bond donors (Lipinski definition) is 2. The standard InChI is InChI=1S/C9H21N2O4PS/c1-5-15-16(13,11-8(2)3)17-6-9(12)10-7-14-4/h8H,5-7H2,1-4H3,(H,10,12)(H,11,13). The second-order valence-corrected chi connectivity index (χ2v) is 7.78. The van der Waals surface area contributed by atoms with Crippen LogP contribution in [0.2, 0.25) is 0 Å². The molecular formula is C9H21N2O4PS. The van der Waals surface area contributed by atoms with Gasteiger partial charge in [0.1, 0.15) is 6.73 Å². The number of rotatable bonds is 9. The van der Waals surface area contributed by atoms with Gasteiger partial charge in [0.05, 0.1) is 12.4 Å². The van der Waals surface area contributed by atoms with E-state index in [0.29, 0.717) is 6.61 Å². The van der Waals surface area contributed by atoms with E-state index >= 15 is 0 Å². The van der Waals surface area contributed by atoms with Crippen molar-refractivity contribution in [2.75, 3.05) is 26.2 Å². The van der Waals surface area contributed by atoms with Crippen LogP contribution in [0.5, 0.6) is 0 Å². The van der Waals surface area contributed by atoms with Crippen molar-refractivity contribution in [3.63, 3.8) is 0 Å². The Morgan fingerprint density at radius 3 is 2.59 bits per heavy atom. The number of hydrogen-bond acceptors (Lipinski definition) is 5. The number of carbonyl (C=O) groups is 1. The highest BCUT2D eigenvalue weighted by molar-refractivity contribution is 8.56. The van der Waals surface area contributed by atoms with Crippen LogP contribution in [0.25, 0.3) is 0 Å². The Balaban J connectivity index is 4.16. The van der Waals surface area contributed by atoms with Gasteiger partial charge in [0, 0.05) is 13.2 Å². The molecule has 17 heavy (non-hydrogen) atoms. The summed E-state index contributed by atoms with van der Waals surface area (Å²) in [5.41, 5.74) is 0. The molecule has 0 saturated heterocycles. The summed E-state index contributed by atoms with van der Waals surface area (Å²) in [6.45, 7) is 3.00. The van der Waals surface area contributed by atoms with E-state index < -0.39 is 6.72 Å². The molecular weight excluding hydrogens is 263 g/mol. The van der Waals surface area contributed by atoms with Crippen LogP contribution in [0.3, 0.4) is 0 Å². The van der Waals surface area contributed by atoms with Crippen molar-refractivity contribution in [3.8, 4) is 0 Å². The second kappa shape index (κ2) is 8.94. The third kappa shape index (κ3) is 8.63. The van der Waals surface area contributed by atoms with Gasteiger partial charge in [0.25, 0.3) is 0 Å². The lowest BCUT2D eigenvalue weighted by Gasteiger charge is -2.20. The maximum Gasteiger partial charge on any atom is 0.327 e. The highest BCUT2D eigenvalue weighted by Crippen LogP contribution is 2.55. The minimum atomic E-state index is -3.00. The molecule has 0 saturated carbocycles. The fourth-order valence-electron chi connectivity index (χ4n) is 0.945. The van der Waals surface area contributed by atoms with Gasteiger partial charge in [-0.1, -0.05) is 0 Å². The lowest BCUT2D eigenvalue weighted by atomic mass is 10.4. The molecule has 0 aliphatic carbocycles. The minimum Gasteiger partial charge on any atom is -0.364 e. The molecule has 0 aromatic rings. The quantitative estimate of drug-likeness (QED) is 0.494. The zero-order chi connectivity index (χ0) is 13.3. The van der Waals surface area contributed by atoms with Crippen molar-refractivity contribution < 1.29 is 18.6 Å². The third-order valence-corrected chi connectivity index (χ3v) is 5.70. The van der Waals surface area contributed by atoms with Gasteiger partial charge in [-0.15, -0.1) is 0 Å². The van der Waals surface area contributed by atoms with Crippen LogP contribution in [0.4, 0.5) is 0 Å². The molecule has 0 radical (unpaired) electrons. The fraction of sp³-hybridized carbons (Fsp3) is 0.889. The van der Waals surface area contributed by atoms with Crippen molar-refractivity contribution in [3.05, 3.63) is 0 Å². The van der Waals surface area contributed by atoms with E-state index in [1.54, 1.807) is 6.92 Å². The molecule has 0 aliphatic heterocycles. The molecule has 0 aromatic heterocycles. The Hall–Kier alpha value is -0.0700. The maximum atomic E-state index is 12.2. The molecule has 6 nitrogen and oxygen atoms in total. The molecule has 1 unspecified atom stereocenters. The molecule has 0 fully saturated rings. The molecule has 0 aliphatic rings. The van der Waals surface area contributed by atoms with E-state index in [0.717, 1.165) is 11.4 Å². The minimum absolute atomic E-state index is 0.0296. The van der Waals surface area contributed by atoms with Crippen LogP contribution in [0.1, 0.15) is 20.8 Å². The van der Waals surface area contributed by atoms with E-state index in [9.17, 15) is 9.36 Å². The summed E-state index contributed by atoms with van der Waals surface area (Å²) in [5.74, 6) is -0.164. The maximum absolute atomic E-state index is 12.2. The number of ether oxygens (including phenoxy) is 1. The number of carbonyl (C=O) groups excluding carboxylic acids is 1. The zero-order valence-corrected chi connectivity index (χ0v) is 12.4. The number of amides is 1. The van der Waals surface area contributed by atoms with Gasteiger partial charge in [-0.3, -0.25) is 9.36 Å². The first-order chi connectivity index (χ1) is 7.93. The van der Waals surface area contributed by atoms with Crippen molar-refractivity contribution >= 4 is 24.0 Å². The van der Waals surface area contributed by atoms with Gasteiger partial charge in [-0.25, -0.2) is 5.09 Å². The van der Waals surface area contributed by atoms with Crippen molar-refractivity contribution in [1.82, 2.24) is 10.4 Å². The van der Waals surface area contributed by atoms with Crippen molar-refractivity contribution in [2.45, 2.75) is 26.8 Å². The Labute approximate surface area is 106 Å². The average molecular weight is 284 g/mol. The summed E-state index contributed by atoms with van der Waals surface area (Å²) >= 11 is 0.990. The van der Waals surface area contributed by atoms with E-state index in [2.05, 4.69) is 10.4 Å². The van der Waals surface area contributed by atoms with Gasteiger partial charge in [0.2, 0.25) is 5.91 Å². The third-order valence-electron chi connectivity index (χ3n) is 1.49. The SMILES string of the molecule is CCOP(=O)(NC(C)C)SCC(=O)NCOC. The molecule has 1 atom stereocenters. The lowest BCUT2D eigenvalue weighted by molar-refractivity contribution is -0.119. The smallest absolute Gasteiger partial charge is 0.327 e. The zero-order valence-electron chi connectivity index (χ0n) is 10.7. The first-order valence-corrected chi connectivity index (χ1v) is 8.57. The summed E-state index contributed by atoms with van der Waals surface area (Å²) in [6, 6.07) is 0.0296. The molecule has 0 heterocycles. The van der Waals surface area contributed by atoms with Crippen LogP contribution in [0, 0.1) is 0 Å². The molecule has 0 rings (SSSR count). The molecule has 0 bridgehead atoms. The van der Waals surface area contributed by atoms with E-state index in [1.165, 1.54) is 7.11 Å². The summed E-state index contributed by atoms with van der Waals surface area (Å²) in [4.78, 5) is 11.3. The topological polar surface area (TPSA) is 76.7 Å². The Morgan fingerprint density at radius 1 is 1.47 bits per heavy atom. The summed E-state index contributed by atoms with van der Waals surface area (Å²) in [7, 11) is 1.48. The van der Waals surface area contributed by atoms with E-state index in [-0.39, 0.29) is 24.4 Å². The van der Waals surface area contributed by atoms with E-state index in [1.807, 2.05) is 13.8 Å². The van der Waals surface area contributed by atoms with E-state index in [4.69, 9.17) is 9.26 Å².